The third kappa shape index (κ3) is 2.69. The molecule has 0 amide bonds. The van der Waals surface area contributed by atoms with E-state index in [9.17, 15) is 0 Å². The van der Waals surface area contributed by atoms with Gasteiger partial charge in [0.2, 0.25) is 0 Å². The predicted octanol–water partition coefficient (Wildman–Crippen LogP) is 3.77. The number of nitrogens with zero attached hydrogens (tertiary/aromatic N) is 2. The molecule has 1 heterocycles. The maximum atomic E-state index is 5.30. The molecule has 0 aliphatic carbocycles. The number of fused-ring (bicyclic) bond motifs is 1. The van der Waals surface area contributed by atoms with Crippen LogP contribution < -0.4 is 10.1 Å². The Morgan fingerprint density at radius 3 is 2.70 bits per heavy atom. The van der Waals surface area contributed by atoms with Gasteiger partial charge >= 0.3 is 6.01 Å². The highest BCUT2D eigenvalue weighted by Crippen LogP contribution is 2.21. The van der Waals surface area contributed by atoms with Gasteiger partial charge < -0.3 is 10.1 Å². The van der Waals surface area contributed by atoms with Gasteiger partial charge in [-0.2, -0.15) is 4.98 Å². The summed E-state index contributed by atoms with van der Waals surface area (Å²) in [6, 6.07) is 16.5. The van der Waals surface area contributed by atoms with E-state index in [0.717, 1.165) is 22.3 Å². The van der Waals surface area contributed by atoms with Gasteiger partial charge in [-0.3, -0.25) is 0 Å². The van der Waals surface area contributed by atoms with Crippen LogP contribution in [-0.2, 0) is 0 Å². The fourth-order valence-electron chi connectivity index (χ4n) is 1.98. The Kier molecular flexibility index (Phi) is 3.46. The fourth-order valence-corrected chi connectivity index (χ4v) is 1.98. The Morgan fingerprint density at radius 2 is 1.90 bits per heavy atom. The Hall–Kier alpha value is -2.62. The lowest BCUT2D eigenvalue weighted by molar-refractivity contribution is 0.314. The van der Waals surface area contributed by atoms with Gasteiger partial charge in [0.25, 0.3) is 0 Å². The van der Waals surface area contributed by atoms with E-state index in [1.165, 1.54) is 0 Å². The zero-order valence-electron chi connectivity index (χ0n) is 11.2. The number of para-hydroxylation sites is 1. The van der Waals surface area contributed by atoms with Gasteiger partial charge in [0.1, 0.15) is 0 Å². The van der Waals surface area contributed by atoms with Crippen LogP contribution in [0.4, 0.5) is 11.4 Å². The molecule has 0 atom stereocenters. The van der Waals surface area contributed by atoms with Gasteiger partial charge in [-0.15, -0.1) is 0 Å². The van der Waals surface area contributed by atoms with E-state index in [1.54, 1.807) is 6.20 Å². The average molecular weight is 265 g/mol. The molecule has 0 saturated heterocycles. The summed E-state index contributed by atoms with van der Waals surface area (Å²) in [6.45, 7) is 2.49. The van der Waals surface area contributed by atoms with Gasteiger partial charge in [-0.1, -0.05) is 18.2 Å². The van der Waals surface area contributed by atoms with Crippen LogP contribution in [0.25, 0.3) is 10.9 Å². The van der Waals surface area contributed by atoms with Crippen molar-refractivity contribution in [2.45, 2.75) is 6.92 Å². The Bertz CT molecular complexity index is 713. The van der Waals surface area contributed by atoms with E-state index < -0.39 is 0 Å². The molecule has 0 bridgehead atoms. The third-order valence-corrected chi connectivity index (χ3v) is 2.89. The van der Waals surface area contributed by atoms with Crippen LogP contribution in [-0.4, -0.2) is 16.6 Å². The Labute approximate surface area is 117 Å². The summed E-state index contributed by atoms with van der Waals surface area (Å²) in [5.41, 5.74) is 2.94. The molecule has 0 aliphatic heterocycles. The molecule has 3 rings (SSSR count). The molecule has 0 unspecified atom stereocenters. The second kappa shape index (κ2) is 5.57. The Balaban J connectivity index is 1.89. The molecule has 4 heteroatoms. The first kappa shape index (κ1) is 12.4. The summed E-state index contributed by atoms with van der Waals surface area (Å²) >= 11 is 0. The molecule has 100 valence electrons. The normalized spacial score (nSPS) is 10.4. The third-order valence-electron chi connectivity index (χ3n) is 2.89. The number of ether oxygens (including phenoxy) is 1. The first-order chi connectivity index (χ1) is 9.85. The lowest BCUT2D eigenvalue weighted by Gasteiger charge is -2.07. The topological polar surface area (TPSA) is 47.0 Å². The van der Waals surface area contributed by atoms with Crippen LogP contribution in [0.15, 0.2) is 54.7 Å². The maximum absolute atomic E-state index is 5.30. The highest BCUT2D eigenvalue weighted by molar-refractivity contribution is 5.82. The second-order valence-electron chi connectivity index (χ2n) is 4.35. The number of hydrogen-bond acceptors (Lipinski definition) is 4. The minimum atomic E-state index is 0.420. The largest absolute Gasteiger partial charge is 0.464 e. The molecular formula is C16H15N3O. The number of rotatable bonds is 4. The lowest BCUT2D eigenvalue weighted by Crippen LogP contribution is -1.97. The van der Waals surface area contributed by atoms with Gasteiger partial charge in [-0.05, 0) is 37.3 Å². The van der Waals surface area contributed by atoms with Crippen molar-refractivity contribution in [1.29, 1.82) is 0 Å². The molecule has 0 aliphatic rings. The van der Waals surface area contributed by atoms with E-state index in [2.05, 4.69) is 15.3 Å². The van der Waals surface area contributed by atoms with Crippen LogP contribution in [0, 0.1) is 0 Å². The van der Waals surface area contributed by atoms with E-state index in [4.69, 9.17) is 4.74 Å². The SMILES string of the molecule is CCOc1ncc2cc(Nc3ccccc3)ccc2n1. The van der Waals surface area contributed by atoms with Crippen LogP contribution >= 0.6 is 0 Å². The first-order valence-electron chi connectivity index (χ1n) is 6.57. The predicted molar refractivity (Wildman–Crippen MR) is 80.4 cm³/mol. The molecule has 1 aromatic heterocycles. The molecule has 0 radical (unpaired) electrons. The van der Waals surface area contributed by atoms with Crippen LogP contribution in [0.3, 0.4) is 0 Å². The minimum absolute atomic E-state index is 0.420. The monoisotopic (exact) mass is 265 g/mol. The van der Waals surface area contributed by atoms with E-state index in [1.807, 2.05) is 55.5 Å². The maximum Gasteiger partial charge on any atom is 0.316 e. The van der Waals surface area contributed by atoms with E-state index in [0.29, 0.717) is 12.6 Å². The minimum Gasteiger partial charge on any atom is -0.464 e. The molecule has 20 heavy (non-hydrogen) atoms. The van der Waals surface area contributed by atoms with Gasteiger partial charge in [0, 0.05) is 23.0 Å². The zero-order valence-corrected chi connectivity index (χ0v) is 11.2. The van der Waals surface area contributed by atoms with Crippen LogP contribution in [0.1, 0.15) is 6.92 Å². The summed E-state index contributed by atoms with van der Waals surface area (Å²) in [5, 5.41) is 4.33. The van der Waals surface area contributed by atoms with Crippen molar-refractivity contribution in [3.63, 3.8) is 0 Å². The van der Waals surface area contributed by atoms with Crippen molar-refractivity contribution >= 4 is 22.3 Å². The molecule has 0 spiro atoms. The van der Waals surface area contributed by atoms with Gasteiger partial charge in [-0.25, -0.2) is 4.98 Å². The molecule has 3 aromatic rings. The smallest absolute Gasteiger partial charge is 0.316 e. The summed E-state index contributed by atoms with van der Waals surface area (Å²) in [4.78, 5) is 8.54. The van der Waals surface area contributed by atoms with Crippen molar-refractivity contribution in [3.8, 4) is 6.01 Å². The van der Waals surface area contributed by atoms with Crippen LogP contribution in [0.5, 0.6) is 6.01 Å². The standard InChI is InChI=1S/C16H15N3O/c1-2-20-16-17-11-12-10-14(8-9-15(12)19-16)18-13-6-4-3-5-7-13/h3-11,18H,2H2,1H3. The number of benzene rings is 2. The Morgan fingerprint density at radius 1 is 1.05 bits per heavy atom. The van der Waals surface area contributed by atoms with Gasteiger partial charge in [0.05, 0.1) is 12.1 Å². The number of anilines is 2. The molecule has 2 aromatic carbocycles. The van der Waals surface area contributed by atoms with Crippen molar-refractivity contribution < 1.29 is 4.74 Å². The highest BCUT2D eigenvalue weighted by atomic mass is 16.5. The number of aromatic nitrogens is 2. The summed E-state index contributed by atoms with van der Waals surface area (Å²) in [7, 11) is 0. The molecule has 4 nitrogen and oxygen atoms in total. The van der Waals surface area contributed by atoms with Crippen molar-refractivity contribution in [3.05, 3.63) is 54.7 Å². The van der Waals surface area contributed by atoms with Crippen molar-refractivity contribution in [2.75, 3.05) is 11.9 Å². The number of nitrogens with one attached hydrogen (secondary N) is 1. The molecule has 1 N–H and O–H groups in total. The summed E-state index contributed by atoms with van der Waals surface area (Å²) in [6.07, 6.45) is 1.78. The van der Waals surface area contributed by atoms with Crippen molar-refractivity contribution in [2.24, 2.45) is 0 Å². The van der Waals surface area contributed by atoms with E-state index >= 15 is 0 Å². The molecule has 0 saturated carbocycles. The second-order valence-corrected chi connectivity index (χ2v) is 4.35. The van der Waals surface area contributed by atoms with Crippen LogP contribution in [0.2, 0.25) is 0 Å². The average Bonchev–Trinajstić information content (AvgIpc) is 2.49. The summed E-state index contributed by atoms with van der Waals surface area (Å²) < 4.78 is 5.30. The van der Waals surface area contributed by atoms with Gasteiger partial charge in [0.15, 0.2) is 0 Å². The highest BCUT2D eigenvalue weighted by Gasteiger charge is 2.02. The fraction of sp³-hybridized carbons (Fsp3) is 0.125. The first-order valence-corrected chi connectivity index (χ1v) is 6.57. The zero-order chi connectivity index (χ0) is 13.8. The summed E-state index contributed by atoms with van der Waals surface area (Å²) in [5.74, 6) is 0. The number of hydrogen-bond donors (Lipinski definition) is 1. The molecular weight excluding hydrogens is 250 g/mol. The quantitative estimate of drug-likeness (QED) is 0.780. The van der Waals surface area contributed by atoms with E-state index in [-0.39, 0.29) is 0 Å². The molecule has 0 fully saturated rings. The van der Waals surface area contributed by atoms with Crippen molar-refractivity contribution in [1.82, 2.24) is 9.97 Å². The lowest BCUT2D eigenvalue weighted by atomic mass is 10.2.